The van der Waals surface area contributed by atoms with Gasteiger partial charge in [0, 0.05) is 49.2 Å². The van der Waals surface area contributed by atoms with Gasteiger partial charge < -0.3 is 15.2 Å². The number of amides is 2. The van der Waals surface area contributed by atoms with Crippen molar-refractivity contribution in [2.24, 2.45) is 0 Å². The fraction of sp³-hybridized carbons (Fsp3) is 0.353. The maximum atomic E-state index is 12.0. The van der Waals surface area contributed by atoms with Crippen molar-refractivity contribution in [1.82, 2.24) is 25.2 Å². The second-order valence-electron chi connectivity index (χ2n) is 6.00. The van der Waals surface area contributed by atoms with Crippen LogP contribution in [0, 0.1) is 0 Å². The summed E-state index contributed by atoms with van der Waals surface area (Å²) in [6, 6.07) is 4.14. The lowest BCUT2D eigenvalue weighted by molar-refractivity contribution is 0.182. The van der Waals surface area contributed by atoms with E-state index < -0.39 is 0 Å². The molecule has 2 N–H and O–H groups in total. The van der Waals surface area contributed by atoms with Crippen LogP contribution in [0.3, 0.4) is 0 Å². The molecule has 4 heterocycles. The third-order valence-corrected chi connectivity index (χ3v) is 4.69. The van der Waals surface area contributed by atoms with Gasteiger partial charge >= 0.3 is 6.03 Å². The molecule has 0 saturated carbocycles. The number of hydrogen-bond acceptors (Lipinski definition) is 3. The Morgan fingerprint density at radius 1 is 1.39 bits per heavy atom. The summed E-state index contributed by atoms with van der Waals surface area (Å²) in [5, 5.41) is 4.98. The molecule has 3 aromatic rings. The van der Waals surface area contributed by atoms with Gasteiger partial charge in [-0.2, -0.15) is 0 Å². The molecule has 0 aliphatic carbocycles. The number of hydrogen-bond donors (Lipinski definition) is 2. The first-order valence-electron chi connectivity index (χ1n) is 7.95. The van der Waals surface area contributed by atoms with E-state index in [1.807, 2.05) is 23.5 Å². The molecular formula is C17H19N5O. The van der Waals surface area contributed by atoms with Crippen LogP contribution >= 0.6 is 0 Å². The second kappa shape index (κ2) is 5.53. The molecule has 3 aromatic heterocycles. The highest BCUT2D eigenvalue weighted by Crippen LogP contribution is 2.34. The predicted octanol–water partition coefficient (Wildman–Crippen LogP) is 2.63. The van der Waals surface area contributed by atoms with E-state index >= 15 is 0 Å². The molecule has 6 nitrogen and oxygen atoms in total. The Labute approximate surface area is 133 Å². The topological polar surface area (TPSA) is 73.9 Å². The van der Waals surface area contributed by atoms with Gasteiger partial charge in [0.2, 0.25) is 0 Å². The van der Waals surface area contributed by atoms with E-state index in [-0.39, 0.29) is 6.03 Å². The van der Waals surface area contributed by atoms with Crippen LogP contribution in [0.15, 0.2) is 30.7 Å². The molecule has 1 fully saturated rings. The van der Waals surface area contributed by atoms with E-state index in [2.05, 4.69) is 32.4 Å². The average Bonchev–Trinajstić information content (AvgIpc) is 3.09. The van der Waals surface area contributed by atoms with Gasteiger partial charge in [-0.05, 0) is 30.5 Å². The third kappa shape index (κ3) is 2.30. The highest BCUT2D eigenvalue weighted by atomic mass is 16.2. The molecule has 6 heteroatoms. The molecule has 1 atom stereocenters. The highest BCUT2D eigenvalue weighted by Gasteiger charge is 2.26. The van der Waals surface area contributed by atoms with Gasteiger partial charge in [-0.1, -0.05) is 0 Å². The number of likely N-dealkylation sites (tertiary alicyclic amines) is 1. The zero-order valence-corrected chi connectivity index (χ0v) is 13.0. The molecule has 0 spiro atoms. The van der Waals surface area contributed by atoms with Gasteiger partial charge in [0.15, 0.2) is 0 Å². The molecule has 1 aliphatic heterocycles. The molecule has 0 radical (unpaired) electrons. The minimum absolute atomic E-state index is 0.00141. The largest absolute Gasteiger partial charge is 0.346 e. The molecule has 2 amide bonds. The monoisotopic (exact) mass is 309 g/mol. The van der Waals surface area contributed by atoms with Crippen molar-refractivity contribution < 1.29 is 4.79 Å². The lowest BCUT2D eigenvalue weighted by Crippen LogP contribution is -2.43. The summed E-state index contributed by atoms with van der Waals surface area (Å²) in [5.41, 5.74) is 3.05. The number of carbonyl (C=O) groups is 1. The van der Waals surface area contributed by atoms with Crippen molar-refractivity contribution in [3.05, 3.63) is 36.3 Å². The SMILES string of the molecule is CNC(=O)N1CCCC(c2ccnc3cnc4[nH]ccc4c23)C1. The average molecular weight is 309 g/mol. The molecule has 0 aromatic carbocycles. The molecule has 1 saturated heterocycles. The number of pyridine rings is 2. The zero-order chi connectivity index (χ0) is 15.8. The number of nitrogens with zero attached hydrogens (tertiary/aromatic N) is 3. The number of fused-ring (bicyclic) bond motifs is 3. The van der Waals surface area contributed by atoms with Crippen molar-refractivity contribution >= 4 is 28.0 Å². The maximum absolute atomic E-state index is 12.0. The molecule has 23 heavy (non-hydrogen) atoms. The summed E-state index contributed by atoms with van der Waals surface area (Å²) in [6.45, 7) is 1.56. The van der Waals surface area contributed by atoms with Crippen LogP contribution in [0.25, 0.3) is 21.9 Å². The number of piperidine rings is 1. The summed E-state index contributed by atoms with van der Waals surface area (Å²) in [5.74, 6) is 0.326. The van der Waals surface area contributed by atoms with E-state index in [1.165, 1.54) is 5.56 Å². The third-order valence-electron chi connectivity index (χ3n) is 4.69. The van der Waals surface area contributed by atoms with Gasteiger partial charge in [0.1, 0.15) is 5.65 Å². The Bertz CT molecular complexity index is 872. The van der Waals surface area contributed by atoms with Gasteiger partial charge in [-0.15, -0.1) is 0 Å². The van der Waals surface area contributed by atoms with Crippen LogP contribution in [0.4, 0.5) is 4.79 Å². The standard InChI is InChI=1S/C17H19N5O/c1-18-17(23)22-8-2-3-11(10-22)12-4-6-19-14-9-21-16-13(15(12)14)5-7-20-16/h4-7,9,11H,2-3,8,10H2,1H3,(H,18,23)(H,20,21). The van der Waals surface area contributed by atoms with Crippen LogP contribution in [0.5, 0.6) is 0 Å². The quantitative estimate of drug-likeness (QED) is 0.725. The number of aromatic nitrogens is 3. The van der Waals surface area contributed by atoms with Crippen molar-refractivity contribution in [2.45, 2.75) is 18.8 Å². The Balaban J connectivity index is 1.82. The van der Waals surface area contributed by atoms with Crippen molar-refractivity contribution in [2.75, 3.05) is 20.1 Å². The van der Waals surface area contributed by atoms with E-state index in [0.29, 0.717) is 5.92 Å². The number of urea groups is 1. The fourth-order valence-corrected chi connectivity index (χ4v) is 3.59. The fourth-order valence-electron chi connectivity index (χ4n) is 3.59. The summed E-state index contributed by atoms with van der Waals surface area (Å²) in [7, 11) is 1.68. The zero-order valence-electron chi connectivity index (χ0n) is 13.0. The minimum atomic E-state index is 0.00141. The summed E-state index contributed by atoms with van der Waals surface area (Å²) in [4.78, 5) is 25.9. The number of rotatable bonds is 1. The summed E-state index contributed by atoms with van der Waals surface area (Å²) < 4.78 is 0. The van der Waals surface area contributed by atoms with Gasteiger partial charge in [-0.25, -0.2) is 9.78 Å². The first-order chi connectivity index (χ1) is 11.3. The smallest absolute Gasteiger partial charge is 0.317 e. The molecule has 0 bridgehead atoms. The maximum Gasteiger partial charge on any atom is 0.317 e. The Morgan fingerprint density at radius 2 is 2.30 bits per heavy atom. The molecule has 1 unspecified atom stereocenters. The molecule has 4 rings (SSSR count). The Kier molecular flexibility index (Phi) is 3.37. The Morgan fingerprint density at radius 3 is 3.17 bits per heavy atom. The number of nitrogens with one attached hydrogen (secondary N) is 2. The second-order valence-corrected chi connectivity index (χ2v) is 6.00. The van der Waals surface area contributed by atoms with Crippen LogP contribution in [-0.2, 0) is 0 Å². The first kappa shape index (κ1) is 14.0. The van der Waals surface area contributed by atoms with E-state index in [4.69, 9.17) is 0 Å². The highest BCUT2D eigenvalue weighted by molar-refractivity contribution is 6.05. The molecular weight excluding hydrogens is 290 g/mol. The van der Waals surface area contributed by atoms with Crippen LogP contribution in [0.1, 0.15) is 24.3 Å². The number of carbonyl (C=O) groups excluding carboxylic acids is 1. The van der Waals surface area contributed by atoms with Gasteiger partial charge in [0.05, 0.1) is 11.7 Å². The van der Waals surface area contributed by atoms with E-state index in [9.17, 15) is 4.79 Å². The van der Waals surface area contributed by atoms with Crippen molar-refractivity contribution in [3.63, 3.8) is 0 Å². The van der Waals surface area contributed by atoms with Crippen LogP contribution in [-0.4, -0.2) is 46.0 Å². The van der Waals surface area contributed by atoms with Gasteiger partial charge in [0.25, 0.3) is 0 Å². The number of aromatic amines is 1. The Hall–Kier alpha value is -2.63. The predicted molar refractivity (Wildman–Crippen MR) is 89.4 cm³/mol. The summed E-state index contributed by atoms with van der Waals surface area (Å²) in [6.07, 6.45) is 7.67. The van der Waals surface area contributed by atoms with Gasteiger partial charge in [-0.3, -0.25) is 4.98 Å². The minimum Gasteiger partial charge on any atom is -0.346 e. The lowest BCUT2D eigenvalue weighted by Gasteiger charge is -2.33. The molecule has 118 valence electrons. The van der Waals surface area contributed by atoms with Crippen molar-refractivity contribution in [3.8, 4) is 0 Å². The summed E-state index contributed by atoms with van der Waals surface area (Å²) >= 11 is 0. The van der Waals surface area contributed by atoms with Crippen LogP contribution in [0.2, 0.25) is 0 Å². The molecule has 1 aliphatic rings. The van der Waals surface area contributed by atoms with E-state index in [1.54, 1.807) is 7.05 Å². The number of H-pyrrole nitrogens is 1. The van der Waals surface area contributed by atoms with Crippen LogP contribution < -0.4 is 5.32 Å². The lowest BCUT2D eigenvalue weighted by atomic mass is 9.88. The van der Waals surface area contributed by atoms with Crippen molar-refractivity contribution in [1.29, 1.82) is 0 Å². The normalized spacial score (nSPS) is 18.5. The first-order valence-corrected chi connectivity index (χ1v) is 7.95. The van der Waals surface area contributed by atoms with E-state index in [0.717, 1.165) is 47.9 Å².